The van der Waals surface area contributed by atoms with Gasteiger partial charge in [0.1, 0.15) is 11.9 Å². The van der Waals surface area contributed by atoms with Gasteiger partial charge in [-0.2, -0.15) is 0 Å². The van der Waals surface area contributed by atoms with Crippen molar-refractivity contribution in [3.8, 4) is 11.5 Å². The van der Waals surface area contributed by atoms with Crippen LogP contribution >= 0.6 is 11.6 Å². The van der Waals surface area contributed by atoms with E-state index in [2.05, 4.69) is 5.32 Å². The van der Waals surface area contributed by atoms with Crippen LogP contribution in [0, 0.1) is 5.82 Å². The summed E-state index contributed by atoms with van der Waals surface area (Å²) in [5, 5.41) is 2.56. The second kappa shape index (κ2) is 6.96. The number of halogens is 2. The molecule has 1 atom stereocenters. The molecule has 27 heavy (non-hydrogen) atoms. The maximum Gasteiger partial charge on any atom is 0.414 e. The Hall–Kier alpha value is -3.00. The third-order valence-electron chi connectivity index (χ3n) is 4.22. The fraction of sp³-hybridized carbons (Fsp3) is 0.222. The van der Waals surface area contributed by atoms with E-state index in [9.17, 15) is 14.0 Å². The molecule has 2 amide bonds. The number of ether oxygens (including phenoxy) is 3. The Balaban J connectivity index is 1.40. The molecule has 0 aromatic heterocycles. The van der Waals surface area contributed by atoms with E-state index in [1.807, 2.05) is 0 Å². The molecule has 4 rings (SSSR count). The largest absolute Gasteiger partial charge is 0.454 e. The van der Waals surface area contributed by atoms with Crippen molar-refractivity contribution in [1.82, 2.24) is 5.32 Å². The SMILES string of the molecule is O=C(NCC1CN(c2ccc3c(c2)OCO3)C(=O)O1)c1c(F)cccc1Cl. The number of hydrogen-bond donors (Lipinski definition) is 1. The molecule has 1 saturated heterocycles. The number of carbonyl (C=O) groups is 2. The van der Waals surface area contributed by atoms with Crippen molar-refractivity contribution in [2.45, 2.75) is 6.10 Å². The van der Waals surface area contributed by atoms with Gasteiger partial charge in [0.2, 0.25) is 6.79 Å². The number of anilines is 1. The van der Waals surface area contributed by atoms with E-state index >= 15 is 0 Å². The molecule has 2 aliphatic rings. The van der Waals surface area contributed by atoms with Gasteiger partial charge in [-0.05, 0) is 24.3 Å². The second-order valence-corrected chi connectivity index (χ2v) is 6.37. The molecule has 0 bridgehead atoms. The summed E-state index contributed by atoms with van der Waals surface area (Å²) in [6, 6.07) is 9.10. The van der Waals surface area contributed by atoms with Gasteiger partial charge < -0.3 is 19.5 Å². The molecule has 0 spiro atoms. The molecule has 1 N–H and O–H groups in total. The Bertz CT molecular complexity index is 902. The molecule has 9 heteroatoms. The van der Waals surface area contributed by atoms with Crippen molar-refractivity contribution in [3.05, 3.63) is 52.8 Å². The van der Waals surface area contributed by atoms with E-state index in [1.165, 1.54) is 17.0 Å². The predicted octanol–water partition coefficient (Wildman–Crippen LogP) is 2.96. The summed E-state index contributed by atoms with van der Waals surface area (Å²) in [6.07, 6.45) is -1.13. The van der Waals surface area contributed by atoms with Gasteiger partial charge in [-0.1, -0.05) is 17.7 Å². The Kier molecular flexibility index (Phi) is 4.49. The highest BCUT2D eigenvalue weighted by molar-refractivity contribution is 6.33. The van der Waals surface area contributed by atoms with Gasteiger partial charge in [0.05, 0.1) is 29.4 Å². The minimum atomic E-state index is -0.717. The molecule has 0 aliphatic carbocycles. The van der Waals surface area contributed by atoms with Crippen LogP contribution in [0.5, 0.6) is 11.5 Å². The summed E-state index contributed by atoms with van der Waals surface area (Å²) >= 11 is 5.88. The monoisotopic (exact) mass is 392 g/mol. The van der Waals surface area contributed by atoms with Crippen molar-refractivity contribution in [2.75, 3.05) is 24.8 Å². The zero-order valence-corrected chi connectivity index (χ0v) is 14.7. The maximum atomic E-state index is 13.8. The van der Waals surface area contributed by atoms with Crippen LogP contribution < -0.4 is 19.7 Å². The van der Waals surface area contributed by atoms with E-state index in [-0.39, 0.29) is 30.5 Å². The fourth-order valence-electron chi connectivity index (χ4n) is 2.90. The zero-order chi connectivity index (χ0) is 19.0. The molecule has 2 aromatic carbocycles. The fourth-order valence-corrected chi connectivity index (χ4v) is 3.15. The maximum absolute atomic E-state index is 13.8. The number of fused-ring (bicyclic) bond motifs is 1. The first-order chi connectivity index (χ1) is 13.0. The summed E-state index contributed by atoms with van der Waals surface area (Å²) in [7, 11) is 0. The molecular weight excluding hydrogens is 379 g/mol. The van der Waals surface area contributed by atoms with Crippen LogP contribution in [-0.4, -0.2) is 38.0 Å². The predicted molar refractivity (Wildman–Crippen MR) is 93.9 cm³/mol. The van der Waals surface area contributed by atoms with Crippen LogP contribution in [0.3, 0.4) is 0 Å². The highest BCUT2D eigenvalue weighted by Gasteiger charge is 2.33. The van der Waals surface area contributed by atoms with Crippen molar-refractivity contribution < 1.29 is 28.2 Å². The lowest BCUT2D eigenvalue weighted by atomic mass is 10.2. The van der Waals surface area contributed by atoms with E-state index in [0.29, 0.717) is 17.2 Å². The summed E-state index contributed by atoms with van der Waals surface area (Å²) < 4.78 is 29.6. The van der Waals surface area contributed by atoms with Gasteiger partial charge in [0, 0.05) is 6.07 Å². The van der Waals surface area contributed by atoms with Crippen LogP contribution in [0.4, 0.5) is 14.9 Å². The topological polar surface area (TPSA) is 77.1 Å². The molecule has 0 saturated carbocycles. The third kappa shape index (κ3) is 3.35. The summed E-state index contributed by atoms with van der Waals surface area (Å²) in [4.78, 5) is 25.8. The standard InChI is InChI=1S/C18H14ClFN2O5/c19-12-2-1-3-13(20)16(12)17(23)21-7-11-8-22(18(24)27-11)10-4-5-14-15(6-10)26-9-25-14/h1-6,11H,7-9H2,(H,21,23). The summed E-state index contributed by atoms with van der Waals surface area (Å²) in [5.41, 5.74) is 0.353. The number of nitrogens with zero attached hydrogens (tertiary/aromatic N) is 1. The number of carbonyl (C=O) groups excluding carboxylic acids is 2. The van der Waals surface area contributed by atoms with Crippen molar-refractivity contribution in [2.24, 2.45) is 0 Å². The van der Waals surface area contributed by atoms with E-state index < -0.39 is 23.9 Å². The second-order valence-electron chi connectivity index (χ2n) is 5.96. The van der Waals surface area contributed by atoms with Gasteiger partial charge in [-0.3, -0.25) is 9.69 Å². The Morgan fingerprint density at radius 2 is 2.07 bits per heavy atom. The Labute approximate surface area is 158 Å². The molecule has 1 fully saturated rings. The van der Waals surface area contributed by atoms with E-state index in [4.69, 9.17) is 25.8 Å². The van der Waals surface area contributed by atoms with Crippen molar-refractivity contribution in [1.29, 1.82) is 0 Å². The smallest absolute Gasteiger partial charge is 0.414 e. The lowest BCUT2D eigenvalue weighted by molar-refractivity contribution is 0.0912. The number of rotatable bonds is 4. The molecular formula is C18H14ClFN2O5. The van der Waals surface area contributed by atoms with Gasteiger partial charge in [-0.15, -0.1) is 0 Å². The quantitative estimate of drug-likeness (QED) is 0.865. The zero-order valence-electron chi connectivity index (χ0n) is 13.9. The molecule has 140 valence electrons. The van der Waals surface area contributed by atoms with Crippen molar-refractivity contribution >= 4 is 29.3 Å². The lowest BCUT2D eigenvalue weighted by Gasteiger charge is -2.14. The van der Waals surface area contributed by atoms with Gasteiger partial charge >= 0.3 is 6.09 Å². The lowest BCUT2D eigenvalue weighted by Crippen LogP contribution is -2.35. The van der Waals surface area contributed by atoms with E-state index in [0.717, 1.165) is 6.07 Å². The first-order valence-electron chi connectivity index (χ1n) is 8.13. The summed E-state index contributed by atoms with van der Waals surface area (Å²) in [5.74, 6) is -0.232. The van der Waals surface area contributed by atoms with Crippen LogP contribution in [0.25, 0.3) is 0 Å². The van der Waals surface area contributed by atoms with Crippen LogP contribution in [0.15, 0.2) is 36.4 Å². The average Bonchev–Trinajstić information content (AvgIpc) is 3.25. The molecule has 2 heterocycles. The molecule has 2 aromatic rings. The number of nitrogens with one attached hydrogen (secondary N) is 1. The first kappa shape index (κ1) is 17.4. The van der Waals surface area contributed by atoms with Crippen molar-refractivity contribution in [3.63, 3.8) is 0 Å². The van der Waals surface area contributed by atoms with Crippen LogP contribution in [0.1, 0.15) is 10.4 Å². The number of benzene rings is 2. The van der Waals surface area contributed by atoms with Crippen LogP contribution in [-0.2, 0) is 4.74 Å². The minimum absolute atomic E-state index is 0.0119. The van der Waals surface area contributed by atoms with Crippen LogP contribution in [0.2, 0.25) is 5.02 Å². The molecule has 0 radical (unpaired) electrons. The Morgan fingerprint density at radius 3 is 2.89 bits per heavy atom. The average molecular weight is 393 g/mol. The highest BCUT2D eigenvalue weighted by Crippen LogP contribution is 2.36. The number of amides is 2. The summed E-state index contributed by atoms with van der Waals surface area (Å²) in [6.45, 7) is 0.385. The van der Waals surface area contributed by atoms with Gasteiger partial charge in [-0.25, -0.2) is 9.18 Å². The Morgan fingerprint density at radius 1 is 1.26 bits per heavy atom. The minimum Gasteiger partial charge on any atom is -0.454 e. The number of cyclic esters (lactones) is 1. The normalized spacial score (nSPS) is 17.8. The number of hydrogen-bond acceptors (Lipinski definition) is 5. The molecule has 1 unspecified atom stereocenters. The van der Waals surface area contributed by atoms with Gasteiger partial charge in [0.15, 0.2) is 11.5 Å². The highest BCUT2D eigenvalue weighted by atomic mass is 35.5. The van der Waals surface area contributed by atoms with E-state index in [1.54, 1.807) is 18.2 Å². The third-order valence-corrected chi connectivity index (χ3v) is 4.54. The first-order valence-corrected chi connectivity index (χ1v) is 8.51. The molecule has 7 nitrogen and oxygen atoms in total. The molecule has 2 aliphatic heterocycles. The van der Waals surface area contributed by atoms with Gasteiger partial charge in [0.25, 0.3) is 5.91 Å².